The van der Waals surface area contributed by atoms with Crippen LogP contribution in [0.3, 0.4) is 0 Å². The smallest absolute Gasteiger partial charge is 0.178 e. The number of hydrogen-bond donors (Lipinski definition) is 1. The first-order valence-electron chi connectivity index (χ1n) is 6.96. The lowest BCUT2D eigenvalue weighted by atomic mass is 9.79. The van der Waals surface area contributed by atoms with Gasteiger partial charge in [-0.1, -0.05) is 29.8 Å². The maximum absolute atomic E-state index is 5.54. The zero-order chi connectivity index (χ0) is 13.6. The number of rotatable bonds is 1. The van der Waals surface area contributed by atoms with Gasteiger partial charge in [0, 0.05) is 10.5 Å². The van der Waals surface area contributed by atoms with Gasteiger partial charge < -0.3 is 9.55 Å². The Morgan fingerprint density at radius 3 is 2.79 bits per heavy atom. The van der Waals surface area contributed by atoms with Crippen LogP contribution < -0.4 is 0 Å². The van der Waals surface area contributed by atoms with Gasteiger partial charge in [0.15, 0.2) is 4.77 Å². The molecule has 0 saturated heterocycles. The number of nitrogens with zero attached hydrogens (tertiary/aromatic N) is 1. The molecule has 0 bridgehead atoms. The molecule has 0 spiro atoms. The molecule has 2 aromatic rings. The summed E-state index contributed by atoms with van der Waals surface area (Å²) in [5, 5.41) is 0. The van der Waals surface area contributed by atoms with Gasteiger partial charge in [0.05, 0.1) is 11.0 Å². The van der Waals surface area contributed by atoms with Gasteiger partial charge in [-0.05, 0) is 61.5 Å². The van der Waals surface area contributed by atoms with E-state index >= 15 is 0 Å². The summed E-state index contributed by atoms with van der Waals surface area (Å²) in [5.74, 6) is 1.61. The quantitative estimate of drug-likeness (QED) is 0.684. The van der Waals surface area contributed by atoms with Crippen LogP contribution in [0, 0.1) is 16.6 Å². The molecule has 0 amide bonds. The average Bonchev–Trinajstić information content (AvgIpc) is 2.68. The lowest BCUT2D eigenvalue weighted by Crippen LogP contribution is -2.23. The van der Waals surface area contributed by atoms with Crippen LogP contribution >= 0.6 is 28.1 Å². The third kappa shape index (κ3) is 2.40. The molecular formula is C15H19BrN2S. The van der Waals surface area contributed by atoms with E-state index in [4.69, 9.17) is 12.2 Å². The summed E-state index contributed by atoms with van der Waals surface area (Å²) in [5.41, 5.74) is 2.37. The van der Waals surface area contributed by atoms with Crippen LogP contribution in [0.25, 0.3) is 11.0 Å². The van der Waals surface area contributed by atoms with Crippen LogP contribution in [-0.2, 0) is 0 Å². The Balaban J connectivity index is 2.07. The lowest BCUT2D eigenvalue weighted by Gasteiger charge is -2.33. The Labute approximate surface area is 127 Å². The van der Waals surface area contributed by atoms with Gasteiger partial charge in [-0.15, -0.1) is 0 Å². The monoisotopic (exact) mass is 338 g/mol. The molecule has 1 aromatic carbocycles. The molecule has 3 atom stereocenters. The molecule has 1 fully saturated rings. The molecule has 1 heterocycles. The third-order valence-electron chi connectivity index (χ3n) is 4.62. The van der Waals surface area contributed by atoms with Gasteiger partial charge in [0.1, 0.15) is 0 Å². The van der Waals surface area contributed by atoms with E-state index in [9.17, 15) is 0 Å². The molecular weight excluding hydrogens is 320 g/mol. The van der Waals surface area contributed by atoms with Crippen LogP contribution in [0.1, 0.15) is 39.2 Å². The predicted molar refractivity (Wildman–Crippen MR) is 86.0 cm³/mol. The van der Waals surface area contributed by atoms with Crippen LogP contribution in [0.15, 0.2) is 22.7 Å². The summed E-state index contributed by atoms with van der Waals surface area (Å²) >= 11 is 9.10. The molecule has 1 aliphatic carbocycles. The maximum atomic E-state index is 5.54. The second-order valence-corrected chi connectivity index (χ2v) is 7.19. The SMILES string of the molecule is CC1CCC(n2c(=S)[nH]c3ccc(Br)cc32)CC1C. The minimum atomic E-state index is 0.543. The van der Waals surface area contributed by atoms with E-state index in [1.807, 2.05) is 0 Å². The van der Waals surface area contributed by atoms with Crippen LogP contribution in [0.5, 0.6) is 0 Å². The first-order chi connectivity index (χ1) is 9.06. The molecule has 19 heavy (non-hydrogen) atoms. The second-order valence-electron chi connectivity index (χ2n) is 5.88. The van der Waals surface area contributed by atoms with E-state index < -0.39 is 0 Å². The summed E-state index contributed by atoms with van der Waals surface area (Å²) < 4.78 is 4.30. The first-order valence-corrected chi connectivity index (χ1v) is 8.16. The van der Waals surface area contributed by atoms with E-state index in [2.05, 4.69) is 57.5 Å². The molecule has 0 radical (unpaired) electrons. The molecule has 102 valence electrons. The fraction of sp³-hybridized carbons (Fsp3) is 0.533. The summed E-state index contributed by atoms with van der Waals surface area (Å²) in [7, 11) is 0. The van der Waals surface area contributed by atoms with E-state index in [0.717, 1.165) is 26.6 Å². The Bertz CT molecular complexity index is 658. The number of halogens is 1. The van der Waals surface area contributed by atoms with Gasteiger partial charge in [-0.3, -0.25) is 0 Å². The van der Waals surface area contributed by atoms with Crippen molar-refractivity contribution >= 4 is 39.2 Å². The molecule has 2 nitrogen and oxygen atoms in total. The second kappa shape index (κ2) is 5.06. The largest absolute Gasteiger partial charge is 0.331 e. The summed E-state index contributed by atoms with van der Waals surface area (Å²) in [6.45, 7) is 4.73. The highest BCUT2D eigenvalue weighted by molar-refractivity contribution is 9.10. The minimum Gasteiger partial charge on any atom is -0.331 e. The Hall–Kier alpha value is -0.610. The van der Waals surface area contributed by atoms with Gasteiger partial charge >= 0.3 is 0 Å². The van der Waals surface area contributed by atoms with Crippen molar-refractivity contribution in [1.29, 1.82) is 0 Å². The highest BCUT2D eigenvalue weighted by Crippen LogP contribution is 2.38. The van der Waals surface area contributed by atoms with E-state index in [0.29, 0.717) is 6.04 Å². The third-order valence-corrected chi connectivity index (χ3v) is 5.41. The highest BCUT2D eigenvalue weighted by atomic mass is 79.9. The van der Waals surface area contributed by atoms with Crippen molar-refractivity contribution in [3.05, 3.63) is 27.4 Å². The molecule has 3 unspecified atom stereocenters. The van der Waals surface area contributed by atoms with Gasteiger partial charge in [0.2, 0.25) is 0 Å². The van der Waals surface area contributed by atoms with Crippen molar-refractivity contribution in [2.75, 3.05) is 0 Å². The summed E-state index contributed by atoms with van der Waals surface area (Å²) in [4.78, 5) is 3.33. The standard InChI is InChI=1S/C15H19BrN2S/c1-9-3-5-12(7-10(9)2)18-14-8-11(16)4-6-13(14)17-15(18)19/h4,6,8-10,12H,3,5,7H2,1-2H3,(H,17,19). The molecule has 0 aliphatic heterocycles. The molecule has 4 heteroatoms. The van der Waals surface area contributed by atoms with E-state index in [1.54, 1.807) is 0 Å². The van der Waals surface area contributed by atoms with Crippen molar-refractivity contribution in [1.82, 2.24) is 9.55 Å². The summed E-state index contributed by atoms with van der Waals surface area (Å²) in [6.07, 6.45) is 3.77. The molecule has 1 aromatic heterocycles. The van der Waals surface area contributed by atoms with Crippen molar-refractivity contribution in [2.45, 2.75) is 39.2 Å². The normalized spacial score (nSPS) is 27.8. The fourth-order valence-corrected chi connectivity index (χ4v) is 3.92. The van der Waals surface area contributed by atoms with Crippen molar-refractivity contribution < 1.29 is 0 Å². The number of nitrogens with one attached hydrogen (secondary N) is 1. The average molecular weight is 339 g/mol. The molecule has 3 rings (SSSR count). The van der Waals surface area contributed by atoms with Gasteiger partial charge in [-0.25, -0.2) is 0 Å². The van der Waals surface area contributed by atoms with Gasteiger partial charge in [-0.2, -0.15) is 0 Å². The van der Waals surface area contributed by atoms with E-state index in [1.165, 1.54) is 24.8 Å². The van der Waals surface area contributed by atoms with Crippen LogP contribution in [-0.4, -0.2) is 9.55 Å². The fourth-order valence-electron chi connectivity index (χ4n) is 3.21. The van der Waals surface area contributed by atoms with Crippen molar-refractivity contribution in [3.63, 3.8) is 0 Å². The lowest BCUT2D eigenvalue weighted by molar-refractivity contribution is 0.212. The maximum Gasteiger partial charge on any atom is 0.178 e. The van der Waals surface area contributed by atoms with Crippen LogP contribution in [0.4, 0.5) is 0 Å². The highest BCUT2D eigenvalue weighted by Gasteiger charge is 2.27. The predicted octanol–water partition coefficient (Wildman–Crippen LogP) is 5.46. The van der Waals surface area contributed by atoms with E-state index in [-0.39, 0.29) is 0 Å². The number of H-pyrrole nitrogens is 1. The van der Waals surface area contributed by atoms with Crippen LogP contribution in [0.2, 0.25) is 0 Å². The zero-order valence-corrected chi connectivity index (χ0v) is 13.7. The molecule has 1 N–H and O–H groups in total. The zero-order valence-electron chi connectivity index (χ0n) is 11.3. The number of fused-ring (bicyclic) bond motifs is 1. The van der Waals surface area contributed by atoms with Crippen molar-refractivity contribution in [2.24, 2.45) is 11.8 Å². The summed E-state index contributed by atoms with van der Waals surface area (Å²) in [6, 6.07) is 6.87. The number of hydrogen-bond acceptors (Lipinski definition) is 1. The first kappa shape index (κ1) is 13.4. The number of aromatic nitrogens is 2. The number of benzene rings is 1. The van der Waals surface area contributed by atoms with Gasteiger partial charge in [0.25, 0.3) is 0 Å². The Morgan fingerprint density at radius 2 is 2.05 bits per heavy atom. The number of aromatic amines is 1. The van der Waals surface area contributed by atoms with Crippen molar-refractivity contribution in [3.8, 4) is 0 Å². The Morgan fingerprint density at radius 1 is 1.26 bits per heavy atom. The minimum absolute atomic E-state index is 0.543. The molecule has 1 aliphatic rings. The number of imidazole rings is 1. The Kier molecular flexibility index (Phi) is 3.56. The topological polar surface area (TPSA) is 20.7 Å². The molecule has 1 saturated carbocycles.